The van der Waals surface area contributed by atoms with Crippen LogP contribution in [0.4, 0.5) is 5.13 Å². The zero-order valence-electron chi connectivity index (χ0n) is 15.5. The minimum absolute atomic E-state index is 0.270. The van der Waals surface area contributed by atoms with Crippen molar-refractivity contribution in [2.75, 3.05) is 5.32 Å². The number of carbonyl (C=O) groups excluding carboxylic acids is 1. The average Bonchev–Trinajstić information content (AvgIpc) is 3.37. The third kappa shape index (κ3) is 2.92. The third-order valence-electron chi connectivity index (χ3n) is 4.68. The summed E-state index contributed by atoms with van der Waals surface area (Å²) in [5.41, 5.74) is 5.45. The fourth-order valence-electron chi connectivity index (χ4n) is 3.32. The average molecular weight is 405 g/mol. The molecule has 0 atom stereocenters. The fraction of sp³-hybridized carbons (Fsp3) is 0.100. The van der Waals surface area contributed by atoms with Crippen molar-refractivity contribution in [2.24, 2.45) is 0 Å². The number of H-pyrrole nitrogens is 1. The van der Waals surface area contributed by atoms with E-state index in [4.69, 9.17) is 4.42 Å². The summed E-state index contributed by atoms with van der Waals surface area (Å²) in [6.45, 7) is 3.77. The van der Waals surface area contributed by atoms with E-state index >= 15 is 0 Å². The van der Waals surface area contributed by atoms with Gasteiger partial charge in [0, 0.05) is 17.1 Å². The van der Waals surface area contributed by atoms with Crippen LogP contribution in [0.2, 0.25) is 0 Å². The van der Waals surface area contributed by atoms with Crippen molar-refractivity contribution >= 4 is 39.1 Å². The Hall–Kier alpha value is -3.72. The van der Waals surface area contributed by atoms with Gasteiger partial charge < -0.3 is 4.42 Å². The number of aromatic nitrogens is 4. The number of aryl methyl sites for hydroxylation is 2. The van der Waals surface area contributed by atoms with Crippen LogP contribution in [0, 0.1) is 13.8 Å². The number of thiazole rings is 1. The SMILES string of the molecule is Cc1nc2c(C)cccn2c1C(=O)Nc1nc(-c2ccc3[nH]c(=O)oc3c2)cs1. The van der Waals surface area contributed by atoms with E-state index in [9.17, 15) is 9.59 Å². The van der Waals surface area contributed by atoms with Crippen LogP contribution >= 0.6 is 11.3 Å². The van der Waals surface area contributed by atoms with Gasteiger partial charge in [0.25, 0.3) is 5.91 Å². The molecule has 0 bridgehead atoms. The predicted molar refractivity (Wildman–Crippen MR) is 111 cm³/mol. The summed E-state index contributed by atoms with van der Waals surface area (Å²) in [6.07, 6.45) is 1.82. The van der Waals surface area contributed by atoms with E-state index in [0.29, 0.717) is 33.3 Å². The van der Waals surface area contributed by atoms with E-state index in [1.807, 2.05) is 43.6 Å². The number of benzene rings is 1. The number of pyridine rings is 1. The van der Waals surface area contributed by atoms with Gasteiger partial charge in [0.15, 0.2) is 10.7 Å². The molecule has 29 heavy (non-hydrogen) atoms. The van der Waals surface area contributed by atoms with Gasteiger partial charge >= 0.3 is 5.76 Å². The zero-order chi connectivity index (χ0) is 20.1. The maximum absolute atomic E-state index is 12.9. The Bertz CT molecular complexity index is 1460. The molecule has 4 heterocycles. The van der Waals surface area contributed by atoms with E-state index in [2.05, 4.69) is 20.3 Å². The Morgan fingerprint density at radius 1 is 1.24 bits per heavy atom. The molecule has 0 aliphatic heterocycles. The topological polar surface area (TPSA) is 105 Å². The number of rotatable bonds is 3. The van der Waals surface area contributed by atoms with Gasteiger partial charge in [0.2, 0.25) is 0 Å². The lowest BCUT2D eigenvalue weighted by molar-refractivity contribution is 0.102. The molecule has 0 saturated carbocycles. The lowest BCUT2D eigenvalue weighted by Crippen LogP contribution is -2.15. The first-order chi connectivity index (χ1) is 14.0. The van der Waals surface area contributed by atoms with Gasteiger partial charge in [0.05, 0.1) is 16.9 Å². The molecule has 5 rings (SSSR count). The van der Waals surface area contributed by atoms with Crippen LogP contribution in [-0.2, 0) is 0 Å². The first-order valence-electron chi connectivity index (χ1n) is 8.84. The van der Waals surface area contributed by atoms with E-state index in [1.165, 1.54) is 11.3 Å². The van der Waals surface area contributed by atoms with Crippen LogP contribution in [0.15, 0.2) is 51.1 Å². The Kier molecular flexibility index (Phi) is 3.85. The van der Waals surface area contributed by atoms with Crippen molar-refractivity contribution in [3.8, 4) is 11.3 Å². The van der Waals surface area contributed by atoms with E-state index in [-0.39, 0.29) is 5.91 Å². The molecule has 0 unspecified atom stereocenters. The highest BCUT2D eigenvalue weighted by Gasteiger charge is 2.19. The van der Waals surface area contributed by atoms with Crippen LogP contribution in [0.25, 0.3) is 28.0 Å². The van der Waals surface area contributed by atoms with Crippen molar-refractivity contribution < 1.29 is 9.21 Å². The molecule has 9 heteroatoms. The molecule has 0 saturated heterocycles. The maximum atomic E-state index is 12.9. The summed E-state index contributed by atoms with van der Waals surface area (Å²) < 4.78 is 6.89. The smallest absolute Gasteiger partial charge is 0.408 e. The normalized spacial score (nSPS) is 11.4. The van der Waals surface area contributed by atoms with Crippen molar-refractivity contribution in [3.63, 3.8) is 0 Å². The first-order valence-corrected chi connectivity index (χ1v) is 9.72. The number of anilines is 1. The van der Waals surface area contributed by atoms with E-state index < -0.39 is 5.76 Å². The van der Waals surface area contributed by atoms with Gasteiger partial charge in [-0.3, -0.25) is 19.5 Å². The molecule has 0 radical (unpaired) electrons. The third-order valence-corrected chi connectivity index (χ3v) is 5.43. The van der Waals surface area contributed by atoms with Crippen molar-refractivity contribution in [2.45, 2.75) is 13.8 Å². The lowest BCUT2D eigenvalue weighted by Gasteiger charge is -2.04. The number of fused-ring (bicyclic) bond motifs is 2. The van der Waals surface area contributed by atoms with Gasteiger partial charge in [-0.05, 0) is 37.6 Å². The molecule has 2 N–H and O–H groups in total. The standard InChI is InChI=1S/C20H15N5O3S/c1-10-4-3-7-25-16(11(2)21-17(10)25)18(26)24-19-22-14(9-29-19)12-5-6-13-15(8-12)28-20(27)23-13/h3-9H,1-2H3,(H,23,27)(H,22,24,26). The van der Waals surface area contributed by atoms with Crippen LogP contribution in [0.5, 0.6) is 0 Å². The largest absolute Gasteiger partial charge is 0.417 e. The summed E-state index contributed by atoms with van der Waals surface area (Å²) in [5.74, 6) is -0.768. The quantitative estimate of drug-likeness (QED) is 0.475. The van der Waals surface area contributed by atoms with Gasteiger partial charge in [-0.25, -0.2) is 14.8 Å². The second kappa shape index (κ2) is 6.42. The molecule has 0 aliphatic rings. The number of hydrogen-bond donors (Lipinski definition) is 2. The number of nitrogens with one attached hydrogen (secondary N) is 2. The summed E-state index contributed by atoms with van der Waals surface area (Å²) in [7, 11) is 0. The highest BCUT2D eigenvalue weighted by Crippen LogP contribution is 2.27. The lowest BCUT2D eigenvalue weighted by atomic mass is 10.1. The van der Waals surface area contributed by atoms with Crippen LogP contribution in [0.3, 0.4) is 0 Å². The molecule has 0 spiro atoms. The summed E-state index contributed by atoms with van der Waals surface area (Å²) in [6, 6.07) is 9.19. The zero-order valence-corrected chi connectivity index (χ0v) is 16.3. The van der Waals surface area contributed by atoms with Crippen molar-refractivity contribution in [1.82, 2.24) is 19.4 Å². The Morgan fingerprint density at radius 2 is 2.10 bits per heavy atom. The van der Waals surface area contributed by atoms with Crippen LogP contribution in [0.1, 0.15) is 21.7 Å². The minimum atomic E-state index is -0.498. The molecule has 5 aromatic rings. The maximum Gasteiger partial charge on any atom is 0.417 e. The Labute approximate surface area is 167 Å². The van der Waals surface area contributed by atoms with Gasteiger partial charge in [-0.2, -0.15) is 0 Å². The molecular formula is C20H15N5O3S. The number of carbonyl (C=O) groups is 1. The fourth-order valence-corrected chi connectivity index (χ4v) is 4.03. The van der Waals surface area contributed by atoms with Crippen LogP contribution in [-0.4, -0.2) is 25.3 Å². The number of aromatic amines is 1. The number of oxazole rings is 1. The molecule has 1 amide bonds. The minimum Gasteiger partial charge on any atom is -0.408 e. The molecule has 8 nitrogen and oxygen atoms in total. The summed E-state index contributed by atoms with van der Waals surface area (Å²) in [4.78, 5) is 35.8. The number of hydrogen-bond acceptors (Lipinski definition) is 6. The van der Waals surface area contributed by atoms with Gasteiger partial charge in [0.1, 0.15) is 11.3 Å². The van der Waals surface area contributed by atoms with Gasteiger partial charge in [-0.15, -0.1) is 11.3 Å². The van der Waals surface area contributed by atoms with Crippen molar-refractivity contribution in [1.29, 1.82) is 0 Å². The van der Waals surface area contributed by atoms with Crippen molar-refractivity contribution in [3.05, 3.63) is 69.4 Å². The highest BCUT2D eigenvalue weighted by molar-refractivity contribution is 7.14. The first kappa shape index (κ1) is 17.4. The van der Waals surface area contributed by atoms with Gasteiger partial charge in [-0.1, -0.05) is 12.1 Å². The number of imidazole rings is 1. The molecular weight excluding hydrogens is 390 g/mol. The van der Waals surface area contributed by atoms with Crippen LogP contribution < -0.4 is 11.1 Å². The second-order valence-electron chi connectivity index (χ2n) is 6.65. The molecule has 1 aromatic carbocycles. The number of amides is 1. The molecule has 144 valence electrons. The van der Waals surface area contributed by atoms with E-state index in [1.54, 1.807) is 16.5 Å². The molecule has 0 fully saturated rings. The Morgan fingerprint density at radius 3 is 2.97 bits per heavy atom. The highest BCUT2D eigenvalue weighted by atomic mass is 32.1. The van der Waals surface area contributed by atoms with E-state index in [0.717, 1.165) is 16.8 Å². The second-order valence-corrected chi connectivity index (χ2v) is 7.51. The predicted octanol–water partition coefficient (Wildman–Crippen LogP) is 3.76. The Balaban J connectivity index is 1.45. The molecule has 0 aliphatic carbocycles. The summed E-state index contributed by atoms with van der Waals surface area (Å²) in [5, 5.41) is 5.17. The summed E-state index contributed by atoms with van der Waals surface area (Å²) >= 11 is 1.32. The monoisotopic (exact) mass is 405 g/mol. The molecule has 4 aromatic heterocycles. The number of nitrogens with zero attached hydrogens (tertiary/aromatic N) is 3.